The third kappa shape index (κ3) is 3.54. The van der Waals surface area contributed by atoms with E-state index in [2.05, 4.69) is 0 Å². The zero-order valence-electron chi connectivity index (χ0n) is 14.8. The topological polar surface area (TPSA) is 108 Å². The number of hydrogen-bond acceptors (Lipinski definition) is 7. The van der Waals surface area contributed by atoms with Crippen LogP contribution >= 0.6 is 0 Å². The van der Waals surface area contributed by atoms with Gasteiger partial charge in [-0.25, -0.2) is 0 Å². The maximum atomic E-state index is 10.7. The predicted molar refractivity (Wildman–Crippen MR) is 94.9 cm³/mol. The van der Waals surface area contributed by atoms with E-state index in [1.54, 1.807) is 24.3 Å². The van der Waals surface area contributed by atoms with Gasteiger partial charge < -0.3 is 34.3 Å². The molecule has 3 rings (SSSR count). The molecule has 2 N–H and O–H groups in total. The molecule has 7 nitrogen and oxygen atoms in total. The van der Waals surface area contributed by atoms with Crippen LogP contribution in [0, 0.1) is 0 Å². The van der Waals surface area contributed by atoms with Gasteiger partial charge in [-0.1, -0.05) is 12.1 Å². The normalized spacial score (nSPS) is 18.2. The number of rotatable bonds is 6. The molecule has 2 atom stereocenters. The van der Waals surface area contributed by atoms with Gasteiger partial charge in [-0.05, 0) is 41.5 Å². The Labute approximate surface area is 156 Å². The van der Waals surface area contributed by atoms with E-state index in [4.69, 9.17) is 14.2 Å². The number of carboxylic acid groups (broad SMARTS) is 1. The summed E-state index contributed by atoms with van der Waals surface area (Å²) in [4.78, 5) is 10.7. The lowest BCUT2D eigenvalue weighted by molar-refractivity contribution is -0.297. The van der Waals surface area contributed by atoms with Crippen molar-refractivity contribution < 1.29 is 34.3 Å². The molecule has 0 saturated carbocycles. The Kier molecular flexibility index (Phi) is 5.23. The third-order valence-corrected chi connectivity index (χ3v) is 4.48. The number of carbonyl (C=O) groups excluding carboxylic acids is 1. The molecule has 1 aliphatic rings. The lowest BCUT2D eigenvalue weighted by atomic mass is 9.90. The van der Waals surface area contributed by atoms with Gasteiger partial charge >= 0.3 is 0 Å². The largest absolute Gasteiger partial charge is 0.545 e. The molecule has 0 fully saturated rings. The van der Waals surface area contributed by atoms with E-state index in [1.165, 1.54) is 26.4 Å². The molecule has 2 aromatic rings. The molecule has 0 bridgehead atoms. The van der Waals surface area contributed by atoms with Crippen molar-refractivity contribution in [3.05, 3.63) is 53.1 Å². The van der Waals surface area contributed by atoms with Gasteiger partial charge in [0, 0.05) is 5.56 Å². The summed E-state index contributed by atoms with van der Waals surface area (Å²) >= 11 is 0. The molecule has 0 spiro atoms. The van der Waals surface area contributed by atoms with Gasteiger partial charge in [-0.2, -0.15) is 0 Å². The van der Waals surface area contributed by atoms with Crippen molar-refractivity contribution in [2.24, 2.45) is 0 Å². The van der Waals surface area contributed by atoms with Crippen LogP contribution in [0.4, 0.5) is 0 Å². The standard InChI is InChI=1S/C20H20O7/c1-25-16-9-12(4-5-15(16)22)19-14(10-21)13-7-11(3-6-18(23)24)8-17(26-2)20(13)27-19/h3-9,14,19,21-22H,10H2,1-2H3,(H,23,24)/p-1/b6-3+/t14-,19+/m0/s1. The highest BCUT2D eigenvalue weighted by Crippen LogP contribution is 2.51. The first-order valence-electron chi connectivity index (χ1n) is 8.24. The van der Waals surface area contributed by atoms with Crippen molar-refractivity contribution >= 4 is 12.0 Å². The number of carbonyl (C=O) groups is 1. The van der Waals surface area contributed by atoms with Crippen LogP contribution in [0.1, 0.15) is 28.7 Å². The van der Waals surface area contributed by atoms with Crippen LogP contribution in [0.15, 0.2) is 36.4 Å². The number of fused-ring (bicyclic) bond motifs is 1. The zero-order chi connectivity index (χ0) is 19.6. The van der Waals surface area contributed by atoms with Crippen molar-refractivity contribution in [1.82, 2.24) is 0 Å². The second-order valence-electron chi connectivity index (χ2n) is 6.05. The number of aromatic hydroxyl groups is 1. The molecule has 0 saturated heterocycles. The van der Waals surface area contributed by atoms with Crippen molar-refractivity contribution in [2.75, 3.05) is 20.8 Å². The van der Waals surface area contributed by atoms with Gasteiger partial charge in [0.1, 0.15) is 6.10 Å². The fourth-order valence-electron chi connectivity index (χ4n) is 3.20. The second-order valence-corrected chi connectivity index (χ2v) is 6.05. The monoisotopic (exact) mass is 371 g/mol. The fourth-order valence-corrected chi connectivity index (χ4v) is 3.20. The Morgan fingerprint density at radius 2 is 1.96 bits per heavy atom. The minimum atomic E-state index is -1.31. The number of hydrogen-bond donors (Lipinski definition) is 2. The van der Waals surface area contributed by atoms with E-state index in [1.807, 2.05) is 0 Å². The number of benzene rings is 2. The van der Waals surface area contributed by atoms with Crippen LogP contribution in [0.5, 0.6) is 23.0 Å². The molecular weight excluding hydrogens is 352 g/mol. The van der Waals surface area contributed by atoms with Crippen LogP contribution in [-0.2, 0) is 4.79 Å². The molecule has 1 aliphatic heterocycles. The summed E-state index contributed by atoms with van der Waals surface area (Å²) in [5.74, 6) is -0.493. The molecule has 0 amide bonds. The predicted octanol–water partition coefficient (Wildman–Crippen LogP) is 1.38. The Morgan fingerprint density at radius 3 is 2.59 bits per heavy atom. The van der Waals surface area contributed by atoms with Crippen molar-refractivity contribution in [3.8, 4) is 23.0 Å². The lowest BCUT2D eigenvalue weighted by Gasteiger charge is -2.18. The number of phenolic OH excluding ortho intramolecular Hbond substituents is 1. The number of methoxy groups -OCH3 is 2. The van der Waals surface area contributed by atoms with E-state index in [0.29, 0.717) is 33.9 Å². The Morgan fingerprint density at radius 1 is 1.22 bits per heavy atom. The number of aliphatic carboxylic acids is 1. The third-order valence-electron chi connectivity index (χ3n) is 4.48. The van der Waals surface area contributed by atoms with Crippen molar-refractivity contribution in [2.45, 2.75) is 12.0 Å². The van der Waals surface area contributed by atoms with Gasteiger partial charge in [-0.3, -0.25) is 0 Å². The summed E-state index contributed by atoms with van der Waals surface area (Å²) in [7, 11) is 2.93. The summed E-state index contributed by atoms with van der Waals surface area (Å²) in [6.07, 6.45) is 1.80. The molecule has 7 heteroatoms. The quantitative estimate of drug-likeness (QED) is 0.739. The molecule has 27 heavy (non-hydrogen) atoms. The number of ether oxygens (including phenoxy) is 3. The summed E-state index contributed by atoms with van der Waals surface area (Å²) in [5.41, 5.74) is 2.00. The maximum Gasteiger partial charge on any atom is 0.165 e. The highest BCUT2D eigenvalue weighted by Gasteiger charge is 2.37. The highest BCUT2D eigenvalue weighted by atomic mass is 16.5. The second kappa shape index (κ2) is 7.59. The van der Waals surface area contributed by atoms with Crippen molar-refractivity contribution in [3.63, 3.8) is 0 Å². The minimum absolute atomic E-state index is 0.00425. The van der Waals surface area contributed by atoms with Gasteiger partial charge in [0.05, 0.1) is 32.7 Å². The van der Waals surface area contributed by atoms with Crippen LogP contribution in [0.2, 0.25) is 0 Å². The number of phenols is 1. The number of aliphatic hydroxyl groups excluding tert-OH is 1. The van der Waals surface area contributed by atoms with Crippen LogP contribution < -0.4 is 19.3 Å². The van der Waals surface area contributed by atoms with Crippen LogP contribution in [-0.4, -0.2) is 37.0 Å². The van der Waals surface area contributed by atoms with E-state index in [-0.39, 0.29) is 12.4 Å². The SMILES string of the molecule is COc1cc([C@H]2Oc3c(OC)cc(/C=C/C(=O)[O-])cc3[C@@H]2CO)ccc1O. The average molecular weight is 371 g/mol. The molecule has 0 aliphatic carbocycles. The van der Waals surface area contributed by atoms with E-state index in [0.717, 1.165) is 6.08 Å². The smallest absolute Gasteiger partial charge is 0.165 e. The Hall–Kier alpha value is -3.19. The first-order chi connectivity index (χ1) is 13.0. The molecule has 142 valence electrons. The number of carboxylic acids is 1. The summed E-state index contributed by atoms with van der Waals surface area (Å²) in [5, 5.41) is 30.5. The Bertz CT molecular complexity index is 888. The highest BCUT2D eigenvalue weighted by molar-refractivity contribution is 5.84. The van der Waals surface area contributed by atoms with E-state index < -0.39 is 18.0 Å². The molecule has 0 unspecified atom stereocenters. The van der Waals surface area contributed by atoms with Crippen LogP contribution in [0.25, 0.3) is 6.08 Å². The number of aliphatic hydroxyl groups is 1. The summed E-state index contributed by atoms with van der Waals surface area (Å²) in [6, 6.07) is 8.24. The Balaban J connectivity index is 2.04. The minimum Gasteiger partial charge on any atom is -0.545 e. The molecule has 1 heterocycles. The van der Waals surface area contributed by atoms with Gasteiger partial charge in [0.15, 0.2) is 23.0 Å². The average Bonchev–Trinajstić information content (AvgIpc) is 3.04. The van der Waals surface area contributed by atoms with Gasteiger partial charge in [0.25, 0.3) is 0 Å². The fraction of sp³-hybridized carbons (Fsp3) is 0.250. The zero-order valence-corrected chi connectivity index (χ0v) is 14.8. The van der Waals surface area contributed by atoms with E-state index >= 15 is 0 Å². The maximum absolute atomic E-state index is 10.7. The molecule has 2 aromatic carbocycles. The molecule has 0 aromatic heterocycles. The van der Waals surface area contributed by atoms with E-state index in [9.17, 15) is 20.1 Å². The lowest BCUT2D eigenvalue weighted by Crippen LogP contribution is -2.18. The molecular formula is C20H19O7-. The van der Waals surface area contributed by atoms with Gasteiger partial charge in [-0.15, -0.1) is 0 Å². The van der Waals surface area contributed by atoms with Gasteiger partial charge in [0.2, 0.25) is 0 Å². The summed E-state index contributed by atoms with van der Waals surface area (Å²) in [6.45, 7) is -0.197. The molecule has 0 radical (unpaired) electrons. The summed E-state index contributed by atoms with van der Waals surface area (Å²) < 4.78 is 16.6. The van der Waals surface area contributed by atoms with Crippen molar-refractivity contribution in [1.29, 1.82) is 0 Å². The first kappa shape index (κ1) is 18.6. The first-order valence-corrected chi connectivity index (χ1v) is 8.24. The van der Waals surface area contributed by atoms with Crippen LogP contribution in [0.3, 0.4) is 0 Å².